The number of hydrogen-bond donors (Lipinski definition) is 2. The van der Waals surface area contributed by atoms with Crippen molar-refractivity contribution in [1.29, 1.82) is 0 Å². The molecule has 0 atom stereocenters. The molecule has 0 bridgehead atoms. The summed E-state index contributed by atoms with van der Waals surface area (Å²) in [4.78, 5) is -0.430. The van der Waals surface area contributed by atoms with Gasteiger partial charge in [-0.15, -0.1) is 0 Å². The van der Waals surface area contributed by atoms with Crippen LogP contribution in [0.25, 0.3) is 0 Å². The first-order chi connectivity index (χ1) is 16.0. The molecule has 0 unspecified atom stereocenters. The first-order valence-electron chi connectivity index (χ1n) is 8.53. The van der Waals surface area contributed by atoms with Gasteiger partial charge in [-0.2, -0.15) is 8.42 Å². The second kappa shape index (κ2) is 10.9. The minimum absolute atomic E-state index is 0.0457. The maximum absolute atomic E-state index is 14.8. The van der Waals surface area contributed by atoms with E-state index in [9.17, 15) is 17.5 Å². The van der Waals surface area contributed by atoms with Crippen molar-refractivity contribution in [3.8, 4) is 0 Å². The van der Waals surface area contributed by atoms with E-state index in [1.165, 1.54) is 12.1 Å². The Bertz CT molecular complexity index is 1400. The smallest absolute Gasteiger partial charge is 0.294 e. The Hall–Kier alpha value is 0.500. The van der Waals surface area contributed by atoms with Gasteiger partial charge >= 0.3 is 0 Å². The van der Waals surface area contributed by atoms with Gasteiger partial charge in [0.1, 0.15) is 0 Å². The maximum atomic E-state index is 14.8. The molecule has 0 radical (unpaired) electrons. The van der Waals surface area contributed by atoms with Gasteiger partial charge in [0.25, 0.3) is 10.1 Å². The summed E-state index contributed by atoms with van der Waals surface area (Å²) in [5.74, 6) is 0. The van der Waals surface area contributed by atoms with E-state index in [2.05, 4.69) is 5.09 Å². The lowest BCUT2D eigenvalue weighted by atomic mass is 10.3. The second-order valence-electron chi connectivity index (χ2n) is 6.56. The van der Waals surface area contributed by atoms with E-state index >= 15 is 0 Å². The molecule has 0 amide bonds. The minimum atomic E-state index is -4.51. The van der Waals surface area contributed by atoms with E-state index < -0.39 is 22.3 Å². The Morgan fingerprint density at radius 3 is 1.14 bits per heavy atom. The summed E-state index contributed by atoms with van der Waals surface area (Å²) >= 11 is 62.6. The fourth-order valence-corrected chi connectivity index (χ4v) is 9.81. The van der Waals surface area contributed by atoms with E-state index in [0.29, 0.717) is 0 Å². The lowest BCUT2D eigenvalue weighted by Gasteiger charge is -2.27. The van der Waals surface area contributed by atoms with Gasteiger partial charge < -0.3 is 5.09 Å². The highest BCUT2D eigenvalue weighted by atomic mass is 35.5. The van der Waals surface area contributed by atoms with Crippen LogP contribution in [0, 0.1) is 0 Å². The third-order valence-electron chi connectivity index (χ3n) is 4.44. The van der Waals surface area contributed by atoms with Crippen molar-refractivity contribution in [2.24, 2.45) is 0 Å². The topological polar surface area (TPSA) is 83.5 Å². The Kier molecular flexibility index (Phi) is 9.39. The van der Waals surface area contributed by atoms with E-state index in [1.54, 1.807) is 0 Å². The fraction of sp³-hybridized carbons (Fsp3) is 0. The summed E-state index contributed by atoms with van der Waals surface area (Å²) in [7, 11) is -8.95. The quantitative estimate of drug-likeness (QED) is 0.119. The SMILES string of the molecule is O=P(Nc1ccc(S(=O)(=O)O)cc1)(c1c(Cl)c(Cl)c(Cl)c(Cl)c1Cl)c1c(Cl)c(Cl)c(Cl)c(Cl)c1Cl. The van der Waals surface area contributed by atoms with Crippen molar-refractivity contribution in [2.45, 2.75) is 4.90 Å². The number of halogens is 10. The van der Waals surface area contributed by atoms with Crippen molar-refractivity contribution < 1.29 is 17.5 Å². The molecule has 0 aliphatic carbocycles. The zero-order valence-corrected chi connectivity index (χ0v) is 25.4. The fourth-order valence-electron chi connectivity index (χ4n) is 2.85. The molecule has 3 aromatic rings. The molecular formula is C18H6Cl10NO4PS. The van der Waals surface area contributed by atoms with Crippen LogP contribution in [-0.4, -0.2) is 13.0 Å². The van der Waals surface area contributed by atoms with Gasteiger partial charge in [-0.1, -0.05) is 116 Å². The van der Waals surface area contributed by atoms with Crippen molar-refractivity contribution in [3.05, 3.63) is 74.5 Å². The first-order valence-corrected chi connectivity index (χ1v) is 15.5. The number of rotatable bonds is 5. The molecule has 2 N–H and O–H groups in total. The van der Waals surface area contributed by atoms with Crippen LogP contribution in [0.5, 0.6) is 0 Å². The first kappa shape index (κ1) is 30.0. The van der Waals surface area contributed by atoms with E-state index in [4.69, 9.17) is 116 Å². The molecule has 0 aliphatic heterocycles. The van der Waals surface area contributed by atoms with Gasteiger partial charge in [-0.05, 0) is 24.3 Å². The van der Waals surface area contributed by atoms with Crippen LogP contribution >= 0.6 is 123 Å². The molecule has 3 rings (SSSR count). The molecule has 5 nitrogen and oxygen atoms in total. The summed E-state index contributed by atoms with van der Waals surface area (Å²) < 4.78 is 46.9. The van der Waals surface area contributed by atoms with Gasteiger partial charge in [-0.25, -0.2) is 0 Å². The molecule has 35 heavy (non-hydrogen) atoms. The third-order valence-corrected chi connectivity index (χ3v) is 13.1. The van der Waals surface area contributed by atoms with Gasteiger partial charge in [0.05, 0.1) is 65.7 Å². The molecule has 17 heteroatoms. The molecule has 0 aromatic heterocycles. The van der Waals surface area contributed by atoms with Gasteiger partial charge in [0.2, 0.25) is 7.29 Å². The van der Waals surface area contributed by atoms with Crippen LogP contribution in [-0.2, 0) is 14.7 Å². The Morgan fingerprint density at radius 2 is 0.857 bits per heavy atom. The highest BCUT2D eigenvalue weighted by molar-refractivity contribution is 7.85. The molecule has 0 fully saturated rings. The highest BCUT2D eigenvalue weighted by Gasteiger charge is 2.41. The number of anilines is 1. The summed E-state index contributed by atoms with van der Waals surface area (Å²) in [6, 6.07) is 4.46. The average Bonchev–Trinajstić information content (AvgIpc) is 2.78. The second-order valence-corrected chi connectivity index (χ2v) is 14.1. The van der Waals surface area contributed by atoms with Crippen molar-refractivity contribution in [2.75, 3.05) is 5.09 Å². The highest BCUT2D eigenvalue weighted by Crippen LogP contribution is 2.56. The summed E-state index contributed by atoms with van der Waals surface area (Å²) in [5.41, 5.74) is 0.0457. The van der Waals surface area contributed by atoms with Crippen LogP contribution in [0.4, 0.5) is 5.69 Å². The number of benzene rings is 3. The molecule has 188 valence electrons. The molecule has 0 saturated carbocycles. The summed E-state index contributed by atoms with van der Waals surface area (Å²) in [6.45, 7) is 0. The molecular weight excluding hydrogens is 712 g/mol. The van der Waals surface area contributed by atoms with Crippen LogP contribution in [0.3, 0.4) is 0 Å². The third kappa shape index (κ3) is 5.49. The van der Waals surface area contributed by atoms with Crippen molar-refractivity contribution in [3.63, 3.8) is 0 Å². The van der Waals surface area contributed by atoms with Crippen LogP contribution in [0.1, 0.15) is 0 Å². The Labute approximate surface area is 249 Å². The van der Waals surface area contributed by atoms with Crippen LogP contribution in [0.2, 0.25) is 50.2 Å². The monoisotopic (exact) mass is 713 g/mol. The lowest BCUT2D eigenvalue weighted by Crippen LogP contribution is -2.26. The van der Waals surface area contributed by atoms with Gasteiger partial charge in [-0.3, -0.25) is 9.12 Å². The largest absolute Gasteiger partial charge is 0.329 e. The molecule has 0 spiro atoms. The van der Waals surface area contributed by atoms with E-state index in [-0.39, 0.29) is 66.5 Å². The summed E-state index contributed by atoms with van der Waals surface area (Å²) in [6.07, 6.45) is 0. The minimum Gasteiger partial charge on any atom is -0.329 e. The predicted octanol–water partition coefficient (Wildman–Crippen LogP) is 9.81. The molecule has 3 aromatic carbocycles. The molecule has 0 saturated heterocycles. The van der Waals surface area contributed by atoms with Crippen LogP contribution in [0.15, 0.2) is 29.2 Å². The van der Waals surface area contributed by atoms with Gasteiger partial charge in [0.15, 0.2) is 0 Å². The van der Waals surface area contributed by atoms with E-state index in [0.717, 1.165) is 12.1 Å². The van der Waals surface area contributed by atoms with Gasteiger partial charge in [0, 0.05) is 5.69 Å². The lowest BCUT2D eigenvalue weighted by molar-refractivity contribution is 0.483. The van der Waals surface area contributed by atoms with Crippen LogP contribution < -0.4 is 15.7 Å². The number of nitrogens with one attached hydrogen (secondary N) is 1. The van der Waals surface area contributed by atoms with Crippen molar-refractivity contribution in [1.82, 2.24) is 0 Å². The Balaban J connectivity index is 2.45. The zero-order valence-electron chi connectivity index (χ0n) is 16.1. The predicted molar refractivity (Wildman–Crippen MR) is 150 cm³/mol. The molecule has 0 heterocycles. The normalized spacial score (nSPS) is 12.2. The maximum Gasteiger partial charge on any atom is 0.294 e. The Morgan fingerprint density at radius 1 is 0.571 bits per heavy atom. The summed E-state index contributed by atoms with van der Waals surface area (Å²) in [5, 5.41) is -0.951. The zero-order chi connectivity index (χ0) is 26.6. The van der Waals surface area contributed by atoms with E-state index in [1.807, 2.05) is 0 Å². The van der Waals surface area contributed by atoms with Crippen molar-refractivity contribution >= 4 is 150 Å². The standard InChI is InChI=1S/C18H6Cl10NO4PS/c19-7-9(21)13(25)17(14(26)10(7)22)34(30,18-15(27)11(23)8(20)12(24)16(18)28)29-5-1-3-6(4-2-5)35(31,32)33/h1-4H,(H,29,30)(H,31,32,33). The number of hydrogen-bond acceptors (Lipinski definition) is 3. The average molecular weight is 718 g/mol. The molecule has 0 aliphatic rings.